The predicted octanol–water partition coefficient (Wildman–Crippen LogP) is 3.11. The number of nitrogens with zero attached hydrogens (tertiary/aromatic N) is 4. The summed E-state index contributed by atoms with van der Waals surface area (Å²) in [5.41, 5.74) is 1.54. The van der Waals surface area contributed by atoms with Crippen LogP contribution in [0.1, 0.15) is 0 Å². The Morgan fingerprint density at radius 1 is 1.00 bits per heavy atom. The van der Waals surface area contributed by atoms with E-state index in [1.807, 2.05) is 22.9 Å². The average Bonchev–Trinajstić information content (AvgIpc) is 2.90. The van der Waals surface area contributed by atoms with Crippen LogP contribution >= 0.6 is 0 Å². The second kappa shape index (κ2) is 4.09. The van der Waals surface area contributed by atoms with Crippen LogP contribution < -0.4 is 0 Å². The minimum Gasteiger partial charge on any atom is -0.300 e. The Balaban J connectivity index is 1.97. The minimum atomic E-state index is -0.492. The van der Waals surface area contributed by atoms with Gasteiger partial charge in [-0.2, -0.15) is 4.39 Å². The molecule has 0 atom stereocenters. The summed E-state index contributed by atoms with van der Waals surface area (Å²) in [5.74, 6) is 0.201. The first-order valence-corrected chi connectivity index (χ1v) is 6.15. The van der Waals surface area contributed by atoms with Gasteiger partial charge in [0, 0.05) is 35.4 Å². The minimum absolute atomic E-state index is 0.492. The van der Waals surface area contributed by atoms with Gasteiger partial charge in [0.25, 0.3) is 0 Å². The largest absolute Gasteiger partial charge is 0.300 e. The number of hydrogen-bond donors (Lipinski definition) is 0. The molecule has 0 amide bonds. The molecular formula is C15H9FN4. The fourth-order valence-electron chi connectivity index (χ4n) is 2.29. The van der Waals surface area contributed by atoms with Gasteiger partial charge in [-0.1, -0.05) is 0 Å². The first-order chi connectivity index (χ1) is 9.81. The molecule has 4 aromatic heterocycles. The average molecular weight is 264 g/mol. The molecule has 0 aliphatic carbocycles. The summed E-state index contributed by atoms with van der Waals surface area (Å²) in [7, 11) is 0. The maximum absolute atomic E-state index is 13.2. The zero-order chi connectivity index (χ0) is 13.5. The predicted molar refractivity (Wildman–Crippen MR) is 74.1 cm³/mol. The third-order valence-electron chi connectivity index (χ3n) is 3.27. The van der Waals surface area contributed by atoms with E-state index >= 15 is 0 Å². The number of aromatic nitrogens is 4. The second-order valence-electron chi connectivity index (χ2n) is 4.49. The molecule has 96 valence electrons. The van der Waals surface area contributed by atoms with Gasteiger partial charge in [0.1, 0.15) is 5.82 Å². The summed E-state index contributed by atoms with van der Waals surface area (Å²) >= 11 is 0. The van der Waals surface area contributed by atoms with E-state index in [2.05, 4.69) is 15.0 Å². The van der Waals surface area contributed by atoms with Crippen LogP contribution in [0.4, 0.5) is 4.39 Å². The van der Waals surface area contributed by atoms with Gasteiger partial charge in [0.15, 0.2) is 0 Å². The molecule has 0 fully saturated rings. The summed E-state index contributed by atoms with van der Waals surface area (Å²) in [6.07, 6.45) is 7.14. The Kier molecular flexibility index (Phi) is 2.26. The molecule has 4 nitrogen and oxygen atoms in total. The smallest absolute Gasteiger partial charge is 0.213 e. The molecule has 0 aromatic carbocycles. The number of fused-ring (bicyclic) bond motifs is 2. The van der Waals surface area contributed by atoms with E-state index < -0.39 is 5.95 Å². The van der Waals surface area contributed by atoms with Crippen LogP contribution in [0.3, 0.4) is 0 Å². The fraction of sp³-hybridized carbons (Fsp3) is 0. The van der Waals surface area contributed by atoms with Crippen molar-refractivity contribution < 1.29 is 4.39 Å². The van der Waals surface area contributed by atoms with Crippen LogP contribution in [0.15, 0.2) is 55.1 Å². The molecule has 4 rings (SSSR count). The van der Waals surface area contributed by atoms with Gasteiger partial charge < -0.3 is 0 Å². The molecule has 4 heterocycles. The van der Waals surface area contributed by atoms with Crippen molar-refractivity contribution in [3.05, 3.63) is 61.1 Å². The van der Waals surface area contributed by atoms with E-state index in [1.165, 1.54) is 6.07 Å². The zero-order valence-electron chi connectivity index (χ0n) is 10.4. The molecule has 0 aliphatic heterocycles. The van der Waals surface area contributed by atoms with Crippen molar-refractivity contribution in [3.8, 4) is 5.82 Å². The van der Waals surface area contributed by atoms with Crippen LogP contribution in [0.5, 0.6) is 0 Å². The highest BCUT2D eigenvalue weighted by Gasteiger charge is 2.06. The van der Waals surface area contributed by atoms with Crippen LogP contribution in [0.25, 0.3) is 27.6 Å². The van der Waals surface area contributed by atoms with E-state index in [1.54, 1.807) is 30.7 Å². The lowest BCUT2D eigenvalue weighted by molar-refractivity contribution is 0.589. The highest BCUT2D eigenvalue weighted by molar-refractivity contribution is 5.83. The first-order valence-electron chi connectivity index (χ1n) is 6.15. The monoisotopic (exact) mass is 264 g/mol. The van der Waals surface area contributed by atoms with Gasteiger partial charge in [-0.15, -0.1) is 0 Å². The Morgan fingerprint density at radius 2 is 1.95 bits per heavy atom. The molecule has 0 aliphatic rings. The SMILES string of the molecule is Fc1ccc2cnc(-n3ccc4ccncc43)cc2n1. The molecule has 0 N–H and O–H groups in total. The Morgan fingerprint density at radius 3 is 2.90 bits per heavy atom. The molecule has 0 radical (unpaired) electrons. The van der Waals surface area contributed by atoms with Crippen molar-refractivity contribution in [3.63, 3.8) is 0 Å². The lowest BCUT2D eigenvalue weighted by Crippen LogP contribution is -1.96. The molecule has 4 aromatic rings. The second-order valence-corrected chi connectivity index (χ2v) is 4.49. The lowest BCUT2D eigenvalue weighted by Gasteiger charge is -2.05. The van der Waals surface area contributed by atoms with Crippen molar-refractivity contribution >= 4 is 21.8 Å². The summed E-state index contributed by atoms with van der Waals surface area (Å²) in [6.45, 7) is 0. The number of hydrogen-bond acceptors (Lipinski definition) is 3. The van der Waals surface area contributed by atoms with Crippen molar-refractivity contribution in [2.45, 2.75) is 0 Å². The van der Waals surface area contributed by atoms with E-state index in [-0.39, 0.29) is 0 Å². The molecular weight excluding hydrogens is 255 g/mol. The van der Waals surface area contributed by atoms with Gasteiger partial charge >= 0.3 is 0 Å². The summed E-state index contributed by atoms with van der Waals surface area (Å²) in [6, 6.07) is 8.69. The van der Waals surface area contributed by atoms with Gasteiger partial charge in [0.05, 0.1) is 17.2 Å². The zero-order valence-corrected chi connectivity index (χ0v) is 10.4. The maximum Gasteiger partial charge on any atom is 0.213 e. The fourth-order valence-corrected chi connectivity index (χ4v) is 2.29. The third kappa shape index (κ3) is 1.64. The summed E-state index contributed by atoms with van der Waals surface area (Å²) < 4.78 is 15.1. The Hall–Kier alpha value is -2.82. The quantitative estimate of drug-likeness (QED) is 0.496. The molecule has 5 heteroatoms. The first kappa shape index (κ1) is 11.0. The molecule has 0 saturated heterocycles. The van der Waals surface area contributed by atoms with Crippen LogP contribution in [0, 0.1) is 5.95 Å². The van der Waals surface area contributed by atoms with E-state index in [0.29, 0.717) is 11.3 Å². The highest BCUT2D eigenvalue weighted by atomic mass is 19.1. The summed E-state index contributed by atoms with van der Waals surface area (Å²) in [5, 5.41) is 1.89. The van der Waals surface area contributed by atoms with Gasteiger partial charge in [-0.3, -0.25) is 9.55 Å². The Bertz CT molecular complexity index is 929. The number of pyridine rings is 3. The van der Waals surface area contributed by atoms with Crippen molar-refractivity contribution in [1.82, 2.24) is 19.5 Å². The van der Waals surface area contributed by atoms with Gasteiger partial charge in [0.2, 0.25) is 5.95 Å². The molecule has 0 saturated carbocycles. The summed E-state index contributed by atoms with van der Waals surface area (Å²) in [4.78, 5) is 12.4. The van der Waals surface area contributed by atoms with Crippen LogP contribution in [-0.4, -0.2) is 19.5 Å². The normalized spacial score (nSPS) is 11.2. The van der Waals surface area contributed by atoms with Crippen molar-refractivity contribution in [2.75, 3.05) is 0 Å². The van der Waals surface area contributed by atoms with E-state index in [0.717, 1.165) is 16.3 Å². The molecule has 0 bridgehead atoms. The number of halogens is 1. The van der Waals surface area contributed by atoms with E-state index in [9.17, 15) is 4.39 Å². The van der Waals surface area contributed by atoms with Crippen LogP contribution in [-0.2, 0) is 0 Å². The van der Waals surface area contributed by atoms with Gasteiger partial charge in [-0.05, 0) is 24.3 Å². The van der Waals surface area contributed by atoms with Crippen molar-refractivity contribution in [1.29, 1.82) is 0 Å². The standard InChI is InChI=1S/C15H9FN4/c16-14-2-1-11-8-18-15(7-12(11)19-14)20-6-4-10-3-5-17-9-13(10)20/h1-9H. The van der Waals surface area contributed by atoms with Gasteiger partial charge in [-0.25, -0.2) is 9.97 Å². The van der Waals surface area contributed by atoms with Crippen LogP contribution in [0.2, 0.25) is 0 Å². The lowest BCUT2D eigenvalue weighted by atomic mass is 10.2. The highest BCUT2D eigenvalue weighted by Crippen LogP contribution is 2.20. The molecule has 20 heavy (non-hydrogen) atoms. The third-order valence-corrected chi connectivity index (χ3v) is 3.27. The van der Waals surface area contributed by atoms with Crippen molar-refractivity contribution in [2.24, 2.45) is 0 Å². The number of rotatable bonds is 1. The molecule has 0 spiro atoms. The molecule has 0 unspecified atom stereocenters. The van der Waals surface area contributed by atoms with E-state index in [4.69, 9.17) is 0 Å². The Labute approximate surface area is 113 Å². The maximum atomic E-state index is 13.2. The topological polar surface area (TPSA) is 43.6 Å².